The summed E-state index contributed by atoms with van der Waals surface area (Å²) in [5.41, 5.74) is 0.455. The maximum atomic E-state index is 13.0. The van der Waals surface area contributed by atoms with Crippen LogP contribution >= 0.6 is 23.4 Å². The lowest BCUT2D eigenvalue weighted by atomic mass is 10.2. The second-order valence-corrected chi connectivity index (χ2v) is 8.01. The van der Waals surface area contributed by atoms with Crippen molar-refractivity contribution in [2.75, 3.05) is 20.3 Å². The van der Waals surface area contributed by atoms with Gasteiger partial charge in [-0.25, -0.2) is 4.98 Å². The molecule has 1 amide bonds. The van der Waals surface area contributed by atoms with Gasteiger partial charge in [0.2, 0.25) is 5.91 Å². The lowest BCUT2D eigenvalue weighted by molar-refractivity contribution is -0.120. The second kappa shape index (κ2) is 10.7. The summed E-state index contributed by atoms with van der Waals surface area (Å²) in [5, 5.41) is 4.04. The number of rotatable bonds is 10. The topological polar surface area (TPSA) is 73.2 Å². The van der Waals surface area contributed by atoms with Crippen LogP contribution in [0, 0.1) is 0 Å². The van der Waals surface area contributed by atoms with Crippen molar-refractivity contribution >= 4 is 40.2 Å². The van der Waals surface area contributed by atoms with Crippen LogP contribution < -0.4 is 10.9 Å². The van der Waals surface area contributed by atoms with Crippen LogP contribution in [-0.2, 0) is 16.1 Å². The largest absolute Gasteiger partial charge is 0.383 e. The first-order chi connectivity index (χ1) is 13.0. The van der Waals surface area contributed by atoms with Gasteiger partial charge in [-0.05, 0) is 31.5 Å². The Labute approximate surface area is 168 Å². The van der Waals surface area contributed by atoms with Crippen molar-refractivity contribution in [3.8, 4) is 0 Å². The van der Waals surface area contributed by atoms with Crippen molar-refractivity contribution in [2.45, 2.75) is 50.1 Å². The van der Waals surface area contributed by atoms with E-state index < -0.39 is 0 Å². The highest BCUT2D eigenvalue weighted by Gasteiger charge is 2.19. The molecule has 0 bridgehead atoms. The molecule has 6 nitrogen and oxygen atoms in total. The van der Waals surface area contributed by atoms with Crippen molar-refractivity contribution < 1.29 is 9.53 Å². The molecule has 0 aliphatic carbocycles. The number of carbonyl (C=O) groups excluding carboxylic acids is 1. The van der Waals surface area contributed by atoms with Crippen LogP contribution in [0.4, 0.5) is 0 Å². The smallest absolute Gasteiger partial charge is 0.262 e. The SMILES string of the molecule is CCCCCn1c(S[C@@H](C)C(=O)NCCOC)nc2cc(Cl)ccc2c1=O. The third-order valence-corrected chi connectivity index (χ3v) is 5.45. The third-order valence-electron chi connectivity index (χ3n) is 4.12. The molecule has 148 valence electrons. The van der Waals surface area contributed by atoms with E-state index in [0.717, 1.165) is 19.3 Å². The lowest BCUT2D eigenvalue weighted by Gasteiger charge is -2.16. The number of amides is 1. The van der Waals surface area contributed by atoms with E-state index in [0.29, 0.717) is 40.8 Å². The van der Waals surface area contributed by atoms with E-state index in [4.69, 9.17) is 16.3 Å². The van der Waals surface area contributed by atoms with Crippen molar-refractivity contribution in [1.29, 1.82) is 0 Å². The molecule has 0 saturated heterocycles. The van der Waals surface area contributed by atoms with E-state index in [2.05, 4.69) is 17.2 Å². The number of hydrogen-bond acceptors (Lipinski definition) is 5. The molecule has 1 N–H and O–H groups in total. The van der Waals surface area contributed by atoms with Gasteiger partial charge in [-0.2, -0.15) is 0 Å². The molecular weight excluding hydrogens is 386 g/mol. The molecule has 1 atom stereocenters. The Bertz CT molecular complexity index is 841. The van der Waals surface area contributed by atoms with Crippen molar-refractivity contribution in [1.82, 2.24) is 14.9 Å². The predicted octanol–water partition coefficient (Wildman–Crippen LogP) is 3.48. The summed E-state index contributed by atoms with van der Waals surface area (Å²) >= 11 is 7.35. The number of ether oxygens (including phenoxy) is 1. The average Bonchev–Trinajstić information content (AvgIpc) is 2.64. The summed E-state index contributed by atoms with van der Waals surface area (Å²) in [6, 6.07) is 5.09. The predicted molar refractivity (Wildman–Crippen MR) is 111 cm³/mol. The monoisotopic (exact) mass is 411 g/mol. The number of thioether (sulfide) groups is 1. The summed E-state index contributed by atoms with van der Waals surface area (Å²) in [6.45, 7) is 5.41. The third kappa shape index (κ3) is 5.96. The van der Waals surface area contributed by atoms with Gasteiger partial charge in [0, 0.05) is 25.2 Å². The number of halogens is 1. The van der Waals surface area contributed by atoms with E-state index >= 15 is 0 Å². The minimum atomic E-state index is -0.386. The zero-order chi connectivity index (χ0) is 19.8. The molecule has 0 spiro atoms. The van der Waals surface area contributed by atoms with E-state index in [1.165, 1.54) is 11.8 Å². The molecule has 0 aliphatic heterocycles. The van der Waals surface area contributed by atoms with Gasteiger partial charge >= 0.3 is 0 Å². The van der Waals surface area contributed by atoms with Crippen LogP contribution in [-0.4, -0.2) is 41.0 Å². The average molecular weight is 412 g/mol. The number of methoxy groups -OCH3 is 1. The second-order valence-electron chi connectivity index (χ2n) is 6.26. The summed E-state index contributed by atoms with van der Waals surface area (Å²) in [6.07, 6.45) is 2.98. The molecule has 0 radical (unpaired) electrons. The van der Waals surface area contributed by atoms with E-state index in [1.54, 1.807) is 36.8 Å². The molecule has 27 heavy (non-hydrogen) atoms. The normalized spacial score (nSPS) is 12.3. The molecule has 1 heterocycles. The van der Waals surface area contributed by atoms with Gasteiger partial charge in [0.15, 0.2) is 5.16 Å². The Morgan fingerprint density at radius 3 is 2.89 bits per heavy atom. The lowest BCUT2D eigenvalue weighted by Crippen LogP contribution is -2.34. The Balaban J connectivity index is 2.32. The summed E-state index contributed by atoms with van der Waals surface area (Å²) < 4.78 is 6.62. The van der Waals surface area contributed by atoms with Gasteiger partial charge in [0.25, 0.3) is 5.56 Å². The van der Waals surface area contributed by atoms with Gasteiger partial charge in [-0.15, -0.1) is 0 Å². The fraction of sp³-hybridized carbons (Fsp3) is 0.526. The highest BCUT2D eigenvalue weighted by atomic mass is 35.5. The molecule has 8 heteroatoms. The number of fused-ring (bicyclic) bond motifs is 1. The van der Waals surface area contributed by atoms with Crippen LogP contribution in [0.1, 0.15) is 33.1 Å². The Hall–Kier alpha value is -1.57. The highest BCUT2D eigenvalue weighted by molar-refractivity contribution is 8.00. The summed E-state index contributed by atoms with van der Waals surface area (Å²) in [4.78, 5) is 29.9. The fourth-order valence-electron chi connectivity index (χ4n) is 2.61. The number of nitrogens with zero attached hydrogens (tertiary/aromatic N) is 2. The number of carbonyl (C=O) groups is 1. The molecule has 1 aromatic heterocycles. The van der Waals surface area contributed by atoms with Crippen LogP contribution in [0.15, 0.2) is 28.2 Å². The maximum Gasteiger partial charge on any atom is 0.262 e. The van der Waals surface area contributed by atoms with E-state index in [1.807, 2.05) is 0 Å². The van der Waals surface area contributed by atoms with Gasteiger partial charge in [0.1, 0.15) is 0 Å². The zero-order valence-corrected chi connectivity index (χ0v) is 17.5. The van der Waals surface area contributed by atoms with Crippen LogP contribution in [0.2, 0.25) is 5.02 Å². The number of hydrogen-bond donors (Lipinski definition) is 1. The standard InChI is InChI=1S/C19H26ClN3O3S/c1-4-5-6-10-23-18(25)15-8-7-14(20)12-16(15)22-19(23)27-13(2)17(24)21-9-11-26-3/h7-8,12-13H,4-6,9-11H2,1-3H3,(H,21,24)/t13-/m0/s1. The van der Waals surface area contributed by atoms with E-state index in [-0.39, 0.29) is 16.7 Å². The van der Waals surface area contributed by atoms with Crippen molar-refractivity contribution in [3.05, 3.63) is 33.6 Å². The number of nitrogens with one attached hydrogen (secondary N) is 1. The molecule has 0 fully saturated rings. The number of unbranched alkanes of at least 4 members (excludes halogenated alkanes) is 2. The van der Waals surface area contributed by atoms with Gasteiger partial charge < -0.3 is 10.1 Å². The molecule has 2 aromatic rings. The van der Waals surface area contributed by atoms with Crippen LogP contribution in [0.25, 0.3) is 10.9 Å². The summed E-state index contributed by atoms with van der Waals surface area (Å²) in [5.74, 6) is -0.113. The van der Waals surface area contributed by atoms with Gasteiger partial charge in [-0.3, -0.25) is 14.2 Å². The first-order valence-corrected chi connectivity index (χ1v) is 10.4. The van der Waals surface area contributed by atoms with Crippen LogP contribution in [0.3, 0.4) is 0 Å². The Morgan fingerprint density at radius 2 is 2.19 bits per heavy atom. The molecule has 0 saturated carbocycles. The Morgan fingerprint density at radius 1 is 1.41 bits per heavy atom. The van der Waals surface area contributed by atoms with Crippen molar-refractivity contribution in [2.24, 2.45) is 0 Å². The van der Waals surface area contributed by atoms with Crippen LogP contribution in [0.5, 0.6) is 0 Å². The molecule has 1 aromatic carbocycles. The van der Waals surface area contributed by atoms with Gasteiger partial charge in [0.05, 0.1) is 22.8 Å². The van der Waals surface area contributed by atoms with E-state index in [9.17, 15) is 9.59 Å². The van der Waals surface area contributed by atoms with Crippen molar-refractivity contribution in [3.63, 3.8) is 0 Å². The minimum absolute atomic E-state index is 0.0951. The molecule has 2 rings (SSSR count). The Kier molecular flexibility index (Phi) is 8.60. The number of aromatic nitrogens is 2. The molecular formula is C19H26ClN3O3S. The molecule has 0 aliphatic rings. The minimum Gasteiger partial charge on any atom is -0.383 e. The zero-order valence-electron chi connectivity index (χ0n) is 16.0. The number of benzene rings is 1. The van der Waals surface area contributed by atoms with Gasteiger partial charge in [-0.1, -0.05) is 43.1 Å². The first kappa shape index (κ1) is 21.7. The molecule has 0 unspecified atom stereocenters. The maximum absolute atomic E-state index is 13.0. The highest BCUT2D eigenvalue weighted by Crippen LogP contribution is 2.24. The fourth-order valence-corrected chi connectivity index (χ4v) is 3.74. The summed E-state index contributed by atoms with van der Waals surface area (Å²) in [7, 11) is 1.59. The first-order valence-electron chi connectivity index (χ1n) is 9.11. The quantitative estimate of drug-likeness (QED) is 0.368.